The number of hydrogen-bond donors (Lipinski definition) is 2. The highest BCUT2D eigenvalue weighted by atomic mass is 32.1. The Morgan fingerprint density at radius 3 is 2.38 bits per heavy atom. The molecular formula is C16H23N3OS. The number of carbonyl (C=O) groups is 1. The van der Waals surface area contributed by atoms with Crippen LogP contribution in [0.2, 0.25) is 0 Å². The molecule has 0 radical (unpaired) electrons. The third-order valence-electron chi connectivity index (χ3n) is 3.93. The van der Waals surface area contributed by atoms with Gasteiger partial charge in [-0.25, -0.2) is 0 Å². The molecule has 114 valence electrons. The van der Waals surface area contributed by atoms with Crippen LogP contribution in [0.15, 0.2) is 24.3 Å². The van der Waals surface area contributed by atoms with Crippen molar-refractivity contribution in [3.63, 3.8) is 0 Å². The molecule has 1 aromatic carbocycles. The Morgan fingerprint density at radius 1 is 1.19 bits per heavy atom. The van der Waals surface area contributed by atoms with E-state index >= 15 is 0 Å². The molecule has 0 bridgehead atoms. The largest absolute Gasteiger partial charge is 0.360 e. The van der Waals surface area contributed by atoms with Gasteiger partial charge in [-0.05, 0) is 49.3 Å². The van der Waals surface area contributed by atoms with Gasteiger partial charge in [-0.2, -0.15) is 0 Å². The quantitative estimate of drug-likeness (QED) is 0.841. The van der Waals surface area contributed by atoms with E-state index in [9.17, 15) is 4.79 Å². The van der Waals surface area contributed by atoms with E-state index in [1.807, 2.05) is 24.3 Å². The first kappa shape index (κ1) is 15.8. The van der Waals surface area contributed by atoms with E-state index in [1.54, 1.807) is 18.9 Å². The van der Waals surface area contributed by atoms with E-state index in [-0.39, 0.29) is 5.91 Å². The Kier molecular flexibility index (Phi) is 5.56. The minimum Gasteiger partial charge on any atom is -0.360 e. The van der Waals surface area contributed by atoms with Crippen molar-refractivity contribution in [3.8, 4) is 0 Å². The molecule has 1 aromatic rings. The molecule has 0 heterocycles. The van der Waals surface area contributed by atoms with Crippen molar-refractivity contribution in [2.75, 3.05) is 17.3 Å². The number of nitrogens with one attached hydrogen (secondary N) is 2. The van der Waals surface area contributed by atoms with Crippen LogP contribution in [-0.2, 0) is 4.79 Å². The van der Waals surface area contributed by atoms with Crippen LogP contribution >= 0.6 is 12.2 Å². The van der Waals surface area contributed by atoms with Crippen molar-refractivity contribution in [1.29, 1.82) is 0 Å². The predicted octanol–water partition coefficient (Wildman–Crippen LogP) is 3.29. The lowest BCUT2D eigenvalue weighted by Gasteiger charge is -2.24. The fraction of sp³-hybridized carbons (Fsp3) is 0.500. The van der Waals surface area contributed by atoms with E-state index in [2.05, 4.69) is 10.6 Å². The van der Waals surface area contributed by atoms with Crippen molar-refractivity contribution in [1.82, 2.24) is 5.32 Å². The highest BCUT2D eigenvalue weighted by Crippen LogP contribution is 2.19. The van der Waals surface area contributed by atoms with Gasteiger partial charge in [-0.15, -0.1) is 0 Å². The molecule has 0 aromatic heterocycles. The summed E-state index contributed by atoms with van der Waals surface area (Å²) in [4.78, 5) is 12.9. The van der Waals surface area contributed by atoms with Crippen LogP contribution in [0.4, 0.5) is 11.4 Å². The van der Waals surface area contributed by atoms with Crippen LogP contribution < -0.4 is 15.5 Å². The minimum atomic E-state index is 0.0187. The van der Waals surface area contributed by atoms with Crippen molar-refractivity contribution in [3.05, 3.63) is 24.3 Å². The van der Waals surface area contributed by atoms with Crippen LogP contribution in [-0.4, -0.2) is 24.1 Å². The van der Waals surface area contributed by atoms with Gasteiger partial charge in [0.25, 0.3) is 0 Å². The number of anilines is 2. The Labute approximate surface area is 131 Å². The predicted molar refractivity (Wildman–Crippen MR) is 91.8 cm³/mol. The topological polar surface area (TPSA) is 44.4 Å². The molecule has 1 amide bonds. The van der Waals surface area contributed by atoms with E-state index in [4.69, 9.17) is 12.2 Å². The average Bonchev–Trinajstić information content (AvgIpc) is 2.48. The second-order valence-corrected chi connectivity index (χ2v) is 5.97. The van der Waals surface area contributed by atoms with Gasteiger partial charge < -0.3 is 15.5 Å². The summed E-state index contributed by atoms with van der Waals surface area (Å²) in [5, 5.41) is 7.26. The molecule has 2 rings (SSSR count). The van der Waals surface area contributed by atoms with Crippen molar-refractivity contribution < 1.29 is 4.79 Å². The van der Waals surface area contributed by atoms with Gasteiger partial charge in [-0.3, -0.25) is 4.79 Å². The van der Waals surface area contributed by atoms with Crippen molar-refractivity contribution in [2.45, 2.75) is 45.1 Å². The standard InChI is InChI=1S/C16H23N3OS/c1-12(20)19(2)15-10-8-14(9-11-15)18-16(21)17-13-6-4-3-5-7-13/h8-11,13H,3-7H2,1-2H3,(H2,17,18,21). The molecule has 1 fully saturated rings. The number of hydrogen-bond acceptors (Lipinski definition) is 2. The van der Waals surface area contributed by atoms with E-state index in [1.165, 1.54) is 32.1 Å². The van der Waals surface area contributed by atoms with Gasteiger partial charge >= 0.3 is 0 Å². The van der Waals surface area contributed by atoms with Gasteiger partial charge in [0, 0.05) is 31.4 Å². The summed E-state index contributed by atoms with van der Waals surface area (Å²) in [5.74, 6) is 0.0187. The molecular weight excluding hydrogens is 282 g/mol. The number of rotatable bonds is 3. The number of carbonyl (C=O) groups excluding carboxylic acids is 1. The zero-order valence-corrected chi connectivity index (χ0v) is 13.5. The molecule has 0 aliphatic heterocycles. The molecule has 5 heteroatoms. The third-order valence-corrected chi connectivity index (χ3v) is 4.15. The molecule has 0 unspecified atom stereocenters. The molecule has 21 heavy (non-hydrogen) atoms. The molecule has 2 N–H and O–H groups in total. The SMILES string of the molecule is CC(=O)N(C)c1ccc(NC(=S)NC2CCCCC2)cc1. The minimum absolute atomic E-state index is 0.0187. The summed E-state index contributed by atoms with van der Waals surface area (Å²) in [6, 6.07) is 8.19. The van der Waals surface area contributed by atoms with E-state index < -0.39 is 0 Å². The molecule has 1 aliphatic carbocycles. The zero-order valence-electron chi connectivity index (χ0n) is 12.7. The lowest BCUT2D eigenvalue weighted by atomic mass is 9.96. The van der Waals surface area contributed by atoms with Crippen LogP contribution in [0, 0.1) is 0 Å². The second kappa shape index (κ2) is 7.41. The Bertz CT molecular complexity index is 495. The zero-order chi connectivity index (χ0) is 15.2. The maximum absolute atomic E-state index is 11.3. The number of thiocarbonyl (C=S) groups is 1. The first-order valence-corrected chi connectivity index (χ1v) is 7.89. The highest BCUT2D eigenvalue weighted by molar-refractivity contribution is 7.80. The molecule has 0 spiro atoms. The fourth-order valence-corrected chi connectivity index (χ4v) is 2.83. The summed E-state index contributed by atoms with van der Waals surface area (Å²) >= 11 is 5.36. The molecule has 0 atom stereocenters. The lowest BCUT2D eigenvalue weighted by Crippen LogP contribution is -2.38. The monoisotopic (exact) mass is 305 g/mol. The summed E-state index contributed by atoms with van der Waals surface area (Å²) in [5.41, 5.74) is 1.81. The van der Waals surface area contributed by atoms with Gasteiger partial charge in [0.2, 0.25) is 5.91 Å². The van der Waals surface area contributed by atoms with Gasteiger partial charge in [0.15, 0.2) is 5.11 Å². The van der Waals surface area contributed by atoms with Crippen LogP contribution in [0.5, 0.6) is 0 Å². The first-order valence-electron chi connectivity index (χ1n) is 7.48. The Hall–Kier alpha value is -1.62. The number of nitrogens with zero attached hydrogens (tertiary/aromatic N) is 1. The summed E-state index contributed by atoms with van der Waals surface area (Å²) in [6.45, 7) is 1.55. The number of amides is 1. The van der Waals surface area contributed by atoms with Crippen LogP contribution in [0.25, 0.3) is 0 Å². The third kappa shape index (κ3) is 4.70. The number of benzene rings is 1. The molecule has 4 nitrogen and oxygen atoms in total. The summed E-state index contributed by atoms with van der Waals surface area (Å²) in [7, 11) is 1.76. The van der Waals surface area contributed by atoms with Gasteiger partial charge in [0.1, 0.15) is 0 Å². The summed E-state index contributed by atoms with van der Waals surface area (Å²) in [6.07, 6.45) is 6.30. The maximum atomic E-state index is 11.3. The molecule has 0 saturated heterocycles. The second-order valence-electron chi connectivity index (χ2n) is 5.56. The summed E-state index contributed by atoms with van der Waals surface area (Å²) < 4.78 is 0. The van der Waals surface area contributed by atoms with E-state index in [0.29, 0.717) is 11.2 Å². The van der Waals surface area contributed by atoms with Gasteiger partial charge in [0.05, 0.1) is 0 Å². The highest BCUT2D eigenvalue weighted by Gasteiger charge is 2.14. The van der Waals surface area contributed by atoms with Crippen molar-refractivity contribution >= 4 is 34.6 Å². The normalized spacial score (nSPS) is 15.3. The Balaban J connectivity index is 1.87. The molecule has 1 aliphatic rings. The fourth-order valence-electron chi connectivity index (χ4n) is 2.55. The van der Waals surface area contributed by atoms with E-state index in [0.717, 1.165) is 11.4 Å². The maximum Gasteiger partial charge on any atom is 0.223 e. The van der Waals surface area contributed by atoms with Crippen LogP contribution in [0.3, 0.4) is 0 Å². The average molecular weight is 305 g/mol. The first-order chi connectivity index (χ1) is 10.1. The van der Waals surface area contributed by atoms with Gasteiger partial charge in [-0.1, -0.05) is 19.3 Å². The van der Waals surface area contributed by atoms with Crippen LogP contribution in [0.1, 0.15) is 39.0 Å². The smallest absolute Gasteiger partial charge is 0.223 e. The molecule has 1 saturated carbocycles. The lowest BCUT2D eigenvalue weighted by molar-refractivity contribution is -0.116. The Morgan fingerprint density at radius 2 is 1.81 bits per heavy atom. The van der Waals surface area contributed by atoms with Crippen molar-refractivity contribution in [2.24, 2.45) is 0 Å².